The molecule has 2 aromatic rings. The van der Waals surface area contributed by atoms with Crippen LogP contribution >= 0.6 is 11.3 Å². The number of nitrogens with one attached hydrogen (secondary N) is 1. The average molecular weight is 301 g/mol. The van der Waals surface area contributed by atoms with Crippen molar-refractivity contribution in [1.82, 2.24) is 10.4 Å². The van der Waals surface area contributed by atoms with E-state index in [0.717, 1.165) is 22.7 Å². The Morgan fingerprint density at radius 3 is 2.40 bits per heavy atom. The van der Waals surface area contributed by atoms with Crippen molar-refractivity contribution in [2.75, 3.05) is 0 Å². The lowest BCUT2D eigenvalue weighted by molar-refractivity contribution is -0.137. The van der Waals surface area contributed by atoms with Crippen LogP contribution in [0.15, 0.2) is 35.8 Å². The summed E-state index contributed by atoms with van der Waals surface area (Å²) in [7, 11) is 0. The predicted octanol–water partition coefficient (Wildman–Crippen LogP) is 2.78. The van der Waals surface area contributed by atoms with Crippen molar-refractivity contribution in [1.29, 1.82) is 0 Å². The van der Waals surface area contributed by atoms with Gasteiger partial charge in [0.15, 0.2) is 0 Å². The molecular weight excluding hydrogens is 287 g/mol. The highest BCUT2D eigenvalue weighted by Crippen LogP contribution is 2.29. The lowest BCUT2D eigenvalue weighted by atomic mass is 10.0. The van der Waals surface area contributed by atoms with Crippen molar-refractivity contribution in [2.24, 2.45) is 5.84 Å². The van der Waals surface area contributed by atoms with Crippen molar-refractivity contribution in [3.63, 3.8) is 0 Å². The van der Waals surface area contributed by atoms with E-state index in [1.807, 2.05) is 5.38 Å². The van der Waals surface area contributed by atoms with Crippen LogP contribution in [0, 0.1) is 0 Å². The lowest BCUT2D eigenvalue weighted by Gasteiger charge is -2.15. The number of aromatic nitrogens is 1. The van der Waals surface area contributed by atoms with Crippen molar-refractivity contribution >= 4 is 11.3 Å². The Morgan fingerprint density at radius 2 is 1.90 bits per heavy atom. The summed E-state index contributed by atoms with van der Waals surface area (Å²) in [5.74, 6) is 5.48. The number of nitrogens with zero attached hydrogens (tertiary/aromatic N) is 1. The summed E-state index contributed by atoms with van der Waals surface area (Å²) in [6, 6.07) is 5.08. The SMILES string of the molecule is NNC(Cc1ccc(C(F)(F)F)cc1)Cc1nccs1. The largest absolute Gasteiger partial charge is 0.416 e. The maximum absolute atomic E-state index is 12.5. The van der Waals surface area contributed by atoms with Crippen molar-refractivity contribution in [3.05, 3.63) is 52.0 Å². The van der Waals surface area contributed by atoms with E-state index < -0.39 is 11.7 Å². The predicted molar refractivity (Wildman–Crippen MR) is 72.1 cm³/mol. The van der Waals surface area contributed by atoms with Crippen molar-refractivity contribution < 1.29 is 13.2 Å². The highest BCUT2D eigenvalue weighted by Gasteiger charge is 2.29. The maximum atomic E-state index is 12.5. The van der Waals surface area contributed by atoms with E-state index >= 15 is 0 Å². The van der Waals surface area contributed by atoms with Crippen LogP contribution in [0.25, 0.3) is 0 Å². The fourth-order valence-corrected chi connectivity index (χ4v) is 2.57. The fourth-order valence-electron chi connectivity index (χ4n) is 1.87. The van der Waals surface area contributed by atoms with Gasteiger partial charge in [0, 0.05) is 24.0 Å². The van der Waals surface area contributed by atoms with Gasteiger partial charge in [-0.25, -0.2) is 4.98 Å². The topological polar surface area (TPSA) is 50.9 Å². The molecule has 0 spiro atoms. The number of benzene rings is 1. The quantitative estimate of drug-likeness (QED) is 0.659. The first kappa shape index (κ1) is 15.0. The summed E-state index contributed by atoms with van der Waals surface area (Å²) in [5.41, 5.74) is 2.84. The molecule has 0 aliphatic carbocycles. The van der Waals surface area contributed by atoms with Crippen LogP contribution in [-0.4, -0.2) is 11.0 Å². The molecule has 1 aromatic carbocycles. The molecule has 1 aromatic heterocycles. The van der Waals surface area contributed by atoms with Crippen LogP contribution in [0.1, 0.15) is 16.1 Å². The monoisotopic (exact) mass is 301 g/mol. The van der Waals surface area contributed by atoms with Crippen LogP contribution < -0.4 is 11.3 Å². The first-order valence-corrected chi connectivity index (χ1v) is 6.87. The number of thiazole rings is 1. The Kier molecular flexibility index (Phi) is 4.74. The highest BCUT2D eigenvalue weighted by molar-refractivity contribution is 7.09. The third-order valence-corrected chi connectivity index (χ3v) is 3.71. The molecule has 3 nitrogen and oxygen atoms in total. The van der Waals surface area contributed by atoms with Crippen molar-refractivity contribution in [3.8, 4) is 0 Å². The smallest absolute Gasteiger partial charge is 0.271 e. The number of hydrazine groups is 1. The molecule has 108 valence electrons. The molecule has 0 amide bonds. The van der Waals surface area contributed by atoms with Gasteiger partial charge in [-0.15, -0.1) is 11.3 Å². The van der Waals surface area contributed by atoms with E-state index in [1.54, 1.807) is 6.20 Å². The van der Waals surface area contributed by atoms with E-state index in [4.69, 9.17) is 5.84 Å². The molecule has 1 heterocycles. The molecule has 0 aliphatic heterocycles. The summed E-state index contributed by atoms with van der Waals surface area (Å²) in [4.78, 5) is 4.17. The van der Waals surface area contributed by atoms with Crippen LogP contribution in [0.5, 0.6) is 0 Å². The second kappa shape index (κ2) is 6.34. The minimum Gasteiger partial charge on any atom is -0.271 e. The Labute approximate surface area is 118 Å². The minimum atomic E-state index is -4.30. The molecule has 3 N–H and O–H groups in total. The van der Waals surface area contributed by atoms with Crippen LogP contribution in [0.2, 0.25) is 0 Å². The van der Waals surface area contributed by atoms with Gasteiger partial charge in [0.2, 0.25) is 0 Å². The molecule has 1 unspecified atom stereocenters. The molecule has 0 radical (unpaired) electrons. The molecule has 2 rings (SSSR count). The number of rotatable bonds is 5. The Balaban J connectivity index is 2.01. The minimum absolute atomic E-state index is 0.0575. The molecule has 0 fully saturated rings. The zero-order valence-electron chi connectivity index (χ0n) is 10.5. The van der Waals surface area contributed by atoms with Gasteiger partial charge in [-0.1, -0.05) is 12.1 Å². The number of hydrogen-bond donors (Lipinski definition) is 2. The van der Waals surface area contributed by atoms with Gasteiger partial charge in [-0.05, 0) is 24.1 Å². The summed E-state index contributed by atoms with van der Waals surface area (Å²) in [5, 5.41) is 2.82. The molecule has 20 heavy (non-hydrogen) atoms. The first-order chi connectivity index (χ1) is 9.49. The second-order valence-electron chi connectivity index (χ2n) is 4.39. The van der Waals surface area contributed by atoms with Gasteiger partial charge >= 0.3 is 6.18 Å². The Bertz CT molecular complexity index is 523. The molecule has 0 aliphatic rings. The lowest BCUT2D eigenvalue weighted by Crippen LogP contribution is -2.38. The zero-order chi connectivity index (χ0) is 14.6. The Morgan fingerprint density at radius 1 is 1.20 bits per heavy atom. The van der Waals surface area contributed by atoms with Crippen molar-refractivity contribution in [2.45, 2.75) is 25.1 Å². The normalized spacial score (nSPS) is 13.4. The summed E-state index contributed by atoms with van der Waals surface area (Å²) < 4.78 is 37.4. The van der Waals surface area contributed by atoms with Gasteiger partial charge in [-0.3, -0.25) is 11.3 Å². The summed E-state index contributed by atoms with van der Waals surface area (Å²) >= 11 is 1.53. The molecule has 7 heteroatoms. The van der Waals surface area contributed by atoms with Gasteiger partial charge in [0.1, 0.15) is 0 Å². The standard InChI is InChI=1S/C13H14F3N3S/c14-13(15,16)10-3-1-9(2-4-10)7-11(19-17)8-12-18-5-6-20-12/h1-6,11,19H,7-8,17H2. The number of alkyl halides is 3. The van der Waals surface area contributed by atoms with Gasteiger partial charge in [0.05, 0.1) is 10.6 Å². The van der Waals surface area contributed by atoms with Gasteiger partial charge in [0.25, 0.3) is 0 Å². The van der Waals surface area contributed by atoms with Crippen LogP contribution in [0.3, 0.4) is 0 Å². The first-order valence-electron chi connectivity index (χ1n) is 5.99. The molecule has 0 saturated carbocycles. The van der Waals surface area contributed by atoms with Gasteiger partial charge in [-0.2, -0.15) is 13.2 Å². The zero-order valence-corrected chi connectivity index (χ0v) is 11.3. The number of hydrogen-bond acceptors (Lipinski definition) is 4. The molecular formula is C13H14F3N3S. The third-order valence-electron chi connectivity index (χ3n) is 2.90. The summed E-state index contributed by atoms with van der Waals surface area (Å²) in [6.07, 6.45) is -1.39. The van der Waals surface area contributed by atoms with E-state index in [0.29, 0.717) is 12.8 Å². The second-order valence-corrected chi connectivity index (χ2v) is 5.37. The number of nitrogens with two attached hydrogens (primary N) is 1. The molecule has 0 saturated heterocycles. The molecule has 0 bridgehead atoms. The van der Waals surface area contributed by atoms with Gasteiger partial charge < -0.3 is 0 Å². The Hall–Kier alpha value is -1.44. The van der Waals surface area contributed by atoms with E-state index in [1.165, 1.54) is 23.5 Å². The number of halogens is 3. The average Bonchev–Trinajstić information content (AvgIpc) is 2.90. The third kappa shape index (κ3) is 4.03. The van der Waals surface area contributed by atoms with Crippen LogP contribution in [-0.2, 0) is 19.0 Å². The van der Waals surface area contributed by atoms with Crippen LogP contribution in [0.4, 0.5) is 13.2 Å². The van der Waals surface area contributed by atoms with E-state index in [2.05, 4.69) is 10.4 Å². The molecule has 1 atom stereocenters. The van der Waals surface area contributed by atoms with E-state index in [9.17, 15) is 13.2 Å². The van der Waals surface area contributed by atoms with E-state index in [-0.39, 0.29) is 6.04 Å². The highest BCUT2D eigenvalue weighted by atomic mass is 32.1. The fraction of sp³-hybridized carbons (Fsp3) is 0.308. The summed E-state index contributed by atoms with van der Waals surface area (Å²) in [6.45, 7) is 0. The maximum Gasteiger partial charge on any atom is 0.416 e.